The number of hydrogen-bond donors (Lipinski definition) is 2. The second kappa shape index (κ2) is 8.11. The topological polar surface area (TPSA) is 84.1 Å². The predicted octanol–water partition coefficient (Wildman–Crippen LogP) is 2.72. The Hall–Kier alpha value is -3.41. The zero-order valence-electron chi connectivity index (χ0n) is 14.4. The van der Waals surface area contributed by atoms with Crippen LogP contribution in [0.5, 0.6) is 0 Å². The molecule has 132 valence electrons. The average Bonchev–Trinajstić information content (AvgIpc) is 3.09. The molecule has 2 aromatic carbocycles. The molecule has 0 aliphatic carbocycles. The monoisotopic (exact) mass is 349 g/mol. The van der Waals surface area contributed by atoms with Crippen LogP contribution in [0.3, 0.4) is 0 Å². The van der Waals surface area contributed by atoms with E-state index in [0.29, 0.717) is 18.5 Å². The largest absolute Gasteiger partial charge is 0.465 e. The Morgan fingerprint density at radius 2 is 1.92 bits per heavy atom. The van der Waals surface area contributed by atoms with Crippen molar-refractivity contribution in [1.82, 2.24) is 15.3 Å². The molecule has 2 N–H and O–H groups in total. The first-order valence-electron chi connectivity index (χ1n) is 8.23. The summed E-state index contributed by atoms with van der Waals surface area (Å²) in [5.74, 6) is 0.274. The second-order valence-corrected chi connectivity index (χ2v) is 5.69. The van der Waals surface area contributed by atoms with E-state index in [1.165, 1.54) is 13.2 Å². The van der Waals surface area contributed by atoms with Crippen molar-refractivity contribution >= 4 is 29.0 Å². The quantitative estimate of drug-likeness (QED) is 0.529. The van der Waals surface area contributed by atoms with Gasteiger partial charge in [-0.2, -0.15) is 0 Å². The van der Waals surface area contributed by atoms with Crippen LogP contribution in [0.25, 0.3) is 17.1 Å². The standard InChI is InChI=1S/C20H19N3O3/c1-26-20(25)15-9-6-14(7-10-15)8-11-19(24)21-13-12-18-22-16-4-2-3-5-17(16)23-18/h2-11H,12-13H2,1H3,(H,21,24)(H,22,23)/b11-8+. The SMILES string of the molecule is COC(=O)c1ccc(/C=C/C(=O)NCCc2nc3ccccc3[nH]2)cc1. The summed E-state index contributed by atoms with van der Waals surface area (Å²) in [6.07, 6.45) is 3.78. The molecule has 1 amide bonds. The fourth-order valence-electron chi connectivity index (χ4n) is 2.51. The van der Waals surface area contributed by atoms with Crippen LogP contribution < -0.4 is 5.32 Å². The molecule has 0 saturated carbocycles. The molecule has 6 nitrogen and oxygen atoms in total. The molecular weight excluding hydrogens is 330 g/mol. The lowest BCUT2D eigenvalue weighted by molar-refractivity contribution is -0.116. The van der Waals surface area contributed by atoms with E-state index in [-0.39, 0.29) is 11.9 Å². The Bertz CT molecular complexity index is 909. The Kier molecular flexibility index (Phi) is 5.43. The molecule has 0 bridgehead atoms. The lowest BCUT2D eigenvalue weighted by Crippen LogP contribution is -2.23. The van der Waals surface area contributed by atoms with Crippen molar-refractivity contribution in [2.45, 2.75) is 6.42 Å². The number of nitrogens with zero attached hydrogens (tertiary/aromatic N) is 1. The van der Waals surface area contributed by atoms with Crippen molar-refractivity contribution < 1.29 is 14.3 Å². The van der Waals surface area contributed by atoms with Crippen LogP contribution in [0.4, 0.5) is 0 Å². The molecule has 0 saturated heterocycles. The van der Waals surface area contributed by atoms with Crippen LogP contribution >= 0.6 is 0 Å². The number of imidazole rings is 1. The Morgan fingerprint density at radius 3 is 2.65 bits per heavy atom. The zero-order valence-corrected chi connectivity index (χ0v) is 14.4. The number of esters is 1. The van der Waals surface area contributed by atoms with E-state index < -0.39 is 0 Å². The van der Waals surface area contributed by atoms with Gasteiger partial charge in [0.2, 0.25) is 5.91 Å². The van der Waals surface area contributed by atoms with Gasteiger partial charge >= 0.3 is 5.97 Å². The van der Waals surface area contributed by atoms with Gasteiger partial charge in [-0.25, -0.2) is 9.78 Å². The van der Waals surface area contributed by atoms with Gasteiger partial charge in [-0.1, -0.05) is 24.3 Å². The summed E-state index contributed by atoms with van der Waals surface area (Å²) in [4.78, 5) is 31.0. The molecule has 3 rings (SSSR count). The van der Waals surface area contributed by atoms with Crippen molar-refractivity contribution in [2.75, 3.05) is 13.7 Å². The lowest BCUT2D eigenvalue weighted by Gasteiger charge is -2.01. The van der Waals surface area contributed by atoms with Crippen molar-refractivity contribution in [2.24, 2.45) is 0 Å². The minimum atomic E-state index is -0.385. The molecule has 1 aromatic heterocycles. The van der Waals surface area contributed by atoms with Crippen molar-refractivity contribution in [3.8, 4) is 0 Å². The van der Waals surface area contributed by atoms with E-state index in [0.717, 1.165) is 22.4 Å². The number of carbonyl (C=O) groups is 2. The number of benzene rings is 2. The summed E-state index contributed by atoms with van der Waals surface area (Å²) in [6.45, 7) is 0.490. The number of nitrogens with one attached hydrogen (secondary N) is 2. The zero-order chi connectivity index (χ0) is 18.4. The fourth-order valence-corrected chi connectivity index (χ4v) is 2.51. The van der Waals surface area contributed by atoms with E-state index in [1.807, 2.05) is 24.3 Å². The molecule has 0 aliphatic rings. The van der Waals surface area contributed by atoms with Gasteiger partial charge in [0.25, 0.3) is 0 Å². The second-order valence-electron chi connectivity index (χ2n) is 5.69. The highest BCUT2D eigenvalue weighted by Gasteiger charge is 2.04. The number of ether oxygens (including phenoxy) is 1. The number of aromatic amines is 1. The van der Waals surface area contributed by atoms with Crippen molar-refractivity contribution in [3.63, 3.8) is 0 Å². The van der Waals surface area contributed by atoms with E-state index in [1.54, 1.807) is 30.3 Å². The maximum atomic E-state index is 11.9. The van der Waals surface area contributed by atoms with Gasteiger partial charge < -0.3 is 15.0 Å². The Morgan fingerprint density at radius 1 is 1.15 bits per heavy atom. The molecule has 0 aliphatic heterocycles. The molecule has 1 heterocycles. The third kappa shape index (κ3) is 4.36. The van der Waals surface area contributed by atoms with Crippen LogP contribution in [0, 0.1) is 0 Å². The normalized spacial score (nSPS) is 11.0. The fraction of sp³-hybridized carbons (Fsp3) is 0.150. The minimum absolute atomic E-state index is 0.182. The first kappa shape index (κ1) is 17.4. The van der Waals surface area contributed by atoms with E-state index in [9.17, 15) is 9.59 Å². The maximum absolute atomic E-state index is 11.9. The van der Waals surface area contributed by atoms with Gasteiger partial charge in [0.1, 0.15) is 5.82 Å². The van der Waals surface area contributed by atoms with Gasteiger partial charge in [0, 0.05) is 19.0 Å². The molecular formula is C20H19N3O3. The highest BCUT2D eigenvalue weighted by molar-refractivity contribution is 5.92. The van der Waals surface area contributed by atoms with Crippen LogP contribution in [-0.2, 0) is 16.0 Å². The number of methoxy groups -OCH3 is 1. The molecule has 3 aromatic rings. The number of hydrogen-bond acceptors (Lipinski definition) is 4. The third-order valence-electron chi connectivity index (χ3n) is 3.86. The molecule has 0 atom stereocenters. The van der Waals surface area contributed by atoms with Gasteiger partial charge in [-0.15, -0.1) is 0 Å². The summed E-state index contributed by atoms with van der Waals surface area (Å²) in [5, 5.41) is 2.82. The van der Waals surface area contributed by atoms with E-state index >= 15 is 0 Å². The first-order valence-corrected chi connectivity index (χ1v) is 8.23. The molecule has 26 heavy (non-hydrogen) atoms. The highest BCUT2D eigenvalue weighted by atomic mass is 16.5. The number of carbonyl (C=O) groups excluding carboxylic acids is 2. The van der Waals surface area contributed by atoms with Gasteiger partial charge in [-0.3, -0.25) is 4.79 Å². The van der Waals surface area contributed by atoms with Crippen molar-refractivity contribution in [1.29, 1.82) is 0 Å². The van der Waals surface area contributed by atoms with Gasteiger partial charge in [-0.05, 0) is 35.9 Å². The summed E-state index contributed by atoms with van der Waals surface area (Å²) in [5.41, 5.74) is 3.21. The number of fused-ring (bicyclic) bond motifs is 1. The first-order chi connectivity index (χ1) is 12.7. The molecule has 0 unspecified atom stereocenters. The van der Waals surface area contributed by atoms with Crippen LogP contribution in [-0.4, -0.2) is 35.5 Å². The molecule has 0 fully saturated rings. The molecule has 0 spiro atoms. The number of aromatic nitrogens is 2. The Balaban J connectivity index is 1.49. The van der Waals surface area contributed by atoms with Crippen LogP contribution in [0.2, 0.25) is 0 Å². The highest BCUT2D eigenvalue weighted by Crippen LogP contribution is 2.10. The summed E-state index contributed by atoms with van der Waals surface area (Å²) in [6, 6.07) is 14.6. The van der Waals surface area contributed by atoms with Crippen LogP contribution in [0.15, 0.2) is 54.6 Å². The molecule has 6 heteroatoms. The average molecular weight is 349 g/mol. The minimum Gasteiger partial charge on any atom is -0.465 e. The summed E-state index contributed by atoms with van der Waals surface area (Å²) in [7, 11) is 1.34. The lowest BCUT2D eigenvalue weighted by atomic mass is 10.1. The third-order valence-corrected chi connectivity index (χ3v) is 3.86. The Labute approximate surface area is 150 Å². The number of H-pyrrole nitrogens is 1. The van der Waals surface area contributed by atoms with Crippen molar-refractivity contribution in [3.05, 3.63) is 71.6 Å². The van der Waals surface area contributed by atoms with E-state index in [4.69, 9.17) is 0 Å². The van der Waals surface area contributed by atoms with E-state index in [2.05, 4.69) is 20.0 Å². The number of rotatable bonds is 6. The smallest absolute Gasteiger partial charge is 0.337 e. The molecule has 0 radical (unpaired) electrons. The van der Waals surface area contributed by atoms with Crippen LogP contribution in [0.1, 0.15) is 21.7 Å². The predicted molar refractivity (Wildman–Crippen MR) is 99.6 cm³/mol. The number of amides is 1. The van der Waals surface area contributed by atoms with Gasteiger partial charge in [0.15, 0.2) is 0 Å². The maximum Gasteiger partial charge on any atom is 0.337 e. The summed E-state index contributed by atoms with van der Waals surface area (Å²) >= 11 is 0. The van der Waals surface area contributed by atoms with Gasteiger partial charge in [0.05, 0.1) is 23.7 Å². The summed E-state index contributed by atoms with van der Waals surface area (Å²) < 4.78 is 4.65. The number of para-hydroxylation sites is 2.